The van der Waals surface area contributed by atoms with Crippen molar-refractivity contribution in [2.45, 2.75) is 0 Å². The lowest BCUT2D eigenvalue weighted by Gasteiger charge is -2.26. The van der Waals surface area contributed by atoms with Gasteiger partial charge < -0.3 is 13.9 Å². The quantitative estimate of drug-likeness (QED) is 0.161. The molecule has 0 amide bonds. The summed E-state index contributed by atoms with van der Waals surface area (Å²) in [7, 11) is 0. The van der Waals surface area contributed by atoms with Gasteiger partial charge in [-0.1, -0.05) is 158 Å². The van der Waals surface area contributed by atoms with E-state index in [2.05, 4.69) is 228 Å². The van der Waals surface area contributed by atoms with E-state index in [1.807, 2.05) is 12.1 Å². The van der Waals surface area contributed by atoms with Gasteiger partial charge in [0.25, 0.3) is 0 Å². The number of furan rings is 1. The third kappa shape index (κ3) is 5.90. The highest BCUT2D eigenvalue weighted by molar-refractivity contribution is 6.10. The molecule has 0 fully saturated rings. The van der Waals surface area contributed by atoms with Crippen molar-refractivity contribution in [2.24, 2.45) is 0 Å². The molecular weight excluding hydrogens is 741 g/mol. The van der Waals surface area contributed by atoms with Crippen LogP contribution in [0.2, 0.25) is 0 Å². The zero-order valence-corrected chi connectivity index (χ0v) is 33.2. The average molecular weight is 779 g/mol. The number of hydrogen-bond acceptors (Lipinski definition) is 2. The topological polar surface area (TPSA) is 21.3 Å². The molecule has 3 heteroatoms. The molecule has 0 radical (unpaired) electrons. The van der Waals surface area contributed by atoms with Crippen LogP contribution in [0.25, 0.3) is 93.6 Å². The molecule has 10 aromatic carbocycles. The first-order valence-corrected chi connectivity index (χ1v) is 20.8. The summed E-state index contributed by atoms with van der Waals surface area (Å²) in [6, 6.07) is 82.9. The second-order valence-corrected chi connectivity index (χ2v) is 15.7. The van der Waals surface area contributed by atoms with Gasteiger partial charge >= 0.3 is 0 Å². The Hall–Kier alpha value is -8.14. The molecule has 0 bridgehead atoms. The number of rotatable bonds is 7. The molecule has 0 aliphatic rings. The number of benzene rings is 10. The second kappa shape index (κ2) is 14.3. The molecule has 12 aromatic rings. The van der Waals surface area contributed by atoms with E-state index in [9.17, 15) is 0 Å². The summed E-state index contributed by atoms with van der Waals surface area (Å²) >= 11 is 0. The van der Waals surface area contributed by atoms with Crippen LogP contribution in [-0.2, 0) is 0 Å². The smallest absolute Gasteiger partial charge is 0.136 e. The van der Waals surface area contributed by atoms with Crippen LogP contribution in [0, 0.1) is 0 Å². The van der Waals surface area contributed by atoms with E-state index in [0.29, 0.717) is 0 Å². The van der Waals surface area contributed by atoms with E-state index in [1.54, 1.807) is 0 Å². The van der Waals surface area contributed by atoms with Crippen molar-refractivity contribution in [2.75, 3.05) is 4.90 Å². The molecule has 2 aromatic heterocycles. The van der Waals surface area contributed by atoms with Crippen molar-refractivity contribution in [3.05, 3.63) is 231 Å². The molecule has 0 saturated heterocycles. The molecule has 2 heterocycles. The third-order valence-electron chi connectivity index (χ3n) is 12.2. The number of hydrogen-bond donors (Lipinski definition) is 0. The van der Waals surface area contributed by atoms with Crippen molar-refractivity contribution in [1.29, 1.82) is 0 Å². The minimum Gasteiger partial charge on any atom is -0.456 e. The Balaban J connectivity index is 0.945. The third-order valence-corrected chi connectivity index (χ3v) is 12.2. The highest BCUT2D eigenvalue weighted by Crippen LogP contribution is 2.41. The van der Waals surface area contributed by atoms with Gasteiger partial charge in [-0.15, -0.1) is 0 Å². The lowest BCUT2D eigenvalue weighted by Crippen LogP contribution is -2.09. The molecule has 0 atom stereocenters. The van der Waals surface area contributed by atoms with Gasteiger partial charge in [0.1, 0.15) is 11.2 Å². The Morgan fingerprint density at radius 3 is 1.48 bits per heavy atom. The molecule has 0 aliphatic carbocycles. The predicted octanol–water partition coefficient (Wildman–Crippen LogP) is 16.3. The number of fused-ring (bicyclic) bond motifs is 7. The molecule has 286 valence electrons. The fourth-order valence-electron chi connectivity index (χ4n) is 9.31. The summed E-state index contributed by atoms with van der Waals surface area (Å²) in [4.78, 5) is 2.35. The fourth-order valence-corrected chi connectivity index (χ4v) is 9.31. The molecule has 61 heavy (non-hydrogen) atoms. The van der Waals surface area contributed by atoms with Gasteiger partial charge in [0.2, 0.25) is 0 Å². The minimum atomic E-state index is 0.899. The van der Waals surface area contributed by atoms with Crippen molar-refractivity contribution < 1.29 is 4.42 Å². The van der Waals surface area contributed by atoms with E-state index in [4.69, 9.17) is 4.42 Å². The van der Waals surface area contributed by atoms with E-state index in [-0.39, 0.29) is 0 Å². The Kier molecular flexibility index (Phi) is 8.17. The van der Waals surface area contributed by atoms with Crippen molar-refractivity contribution >= 4 is 71.6 Å². The highest BCUT2D eigenvalue weighted by Gasteiger charge is 2.18. The number of anilines is 3. The SMILES string of the molecule is c1ccc(-n2c3ccccc3c3ccccc32)c(-c2ccc(N(c3ccc(-c4ccc5c(c4)oc4ccccc45)cc3)c3ccc(-c4cccc5ccccc45)cc3)cc2)c1. The normalized spacial score (nSPS) is 11.6. The molecule has 3 nitrogen and oxygen atoms in total. The van der Waals surface area contributed by atoms with Crippen LogP contribution in [0.3, 0.4) is 0 Å². The molecular formula is C58H38N2O. The Bertz CT molecular complexity index is 3520. The van der Waals surface area contributed by atoms with Gasteiger partial charge in [0.15, 0.2) is 0 Å². The Morgan fingerprint density at radius 1 is 0.311 bits per heavy atom. The monoisotopic (exact) mass is 778 g/mol. The highest BCUT2D eigenvalue weighted by atomic mass is 16.3. The zero-order valence-electron chi connectivity index (χ0n) is 33.2. The summed E-state index contributed by atoms with van der Waals surface area (Å²) in [5.41, 5.74) is 15.6. The second-order valence-electron chi connectivity index (χ2n) is 15.7. The van der Waals surface area contributed by atoms with Crippen LogP contribution in [0.15, 0.2) is 235 Å². The lowest BCUT2D eigenvalue weighted by atomic mass is 9.98. The summed E-state index contributed by atoms with van der Waals surface area (Å²) in [5.74, 6) is 0. The van der Waals surface area contributed by atoms with Gasteiger partial charge in [-0.25, -0.2) is 0 Å². The first-order chi connectivity index (χ1) is 30.2. The number of nitrogens with zero attached hydrogens (tertiary/aromatic N) is 2. The number of para-hydroxylation sites is 4. The number of aromatic nitrogens is 1. The first kappa shape index (κ1) is 34.9. The molecule has 12 rings (SSSR count). The predicted molar refractivity (Wildman–Crippen MR) is 257 cm³/mol. The van der Waals surface area contributed by atoms with Crippen molar-refractivity contribution in [3.63, 3.8) is 0 Å². The Morgan fingerprint density at radius 2 is 0.787 bits per heavy atom. The summed E-state index contributed by atoms with van der Waals surface area (Å²) in [5, 5.41) is 7.28. The van der Waals surface area contributed by atoms with E-state index in [0.717, 1.165) is 61.4 Å². The van der Waals surface area contributed by atoms with Crippen molar-refractivity contribution in [1.82, 2.24) is 4.57 Å². The van der Waals surface area contributed by atoms with Crippen LogP contribution >= 0.6 is 0 Å². The standard InChI is InChI=1S/C58H38N2O/c1-2-14-47-40(12-1)13-11-19-48(47)41-26-33-45(34-27-41)59(44-31-24-39(25-32-44)43-30-37-53-52-18-6-10-23-57(52)61-58(53)38-43)46-35-28-42(29-36-46)49-15-3-7-20-54(49)60-55-21-8-4-16-50(55)51-17-5-9-22-56(51)60/h1-38H. The first-order valence-electron chi connectivity index (χ1n) is 20.8. The Labute approximate surface area is 353 Å². The van der Waals surface area contributed by atoms with E-state index in [1.165, 1.54) is 49.3 Å². The summed E-state index contributed by atoms with van der Waals surface area (Å²) < 4.78 is 8.66. The maximum Gasteiger partial charge on any atom is 0.136 e. The van der Waals surface area contributed by atoms with Crippen LogP contribution in [0.5, 0.6) is 0 Å². The van der Waals surface area contributed by atoms with Gasteiger partial charge in [-0.2, -0.15) is 0 Å². The zero-order chi connectivity index (χ0) is 40.3. The van der Waals surface area contributed by atoms with E-state index < -0.39 is 0 Å². The van der Waals surface area contributed by atoms with Gasteiger partial charge in [-0.05, 0) is 111 Å². The van der Waals surface area contributed by atoms with Crippen LogP contribution in [0.4, 0.5) is 17.1 Å². The van der Waals surface area contributed by atoms with Crippen molar-refractivity contribution in [3.8, 4) is 39.1 Å². The van der Waals surface area contributed by atoms with E-state index >= 15 is 0 Å². The molecule has 0 unspecified atom stereocenters. The average Bonchev–Trinajstić information content (AvgIpc) is 3.88. The van der Waals surface area contributed by atoms with Gasteiger partial charge in [0, 0.05) is 44.2 Å². The molecule has 0 aliphatic heterocycles. The molecule has 0 N–H and O–H groups in total. The summed E-state index contributed by atoms with van der Waals surface area (Å²) in [6.45, 7) is 0. The largest absolute Gasteiger partial charge is 0.456 e. The molecule has 0 saturated carbocycles. The maximum atomic E-state index is 6.26. The van der Waals surface area contributed by atoms with Gasteiger partial charge in [0.05, 0.1) is 16.7 Å². The minimum absolute atomic E-state index is 0.899. The molecule has 0 spiro atoms. The maximum absolute atomic E-state index is 6.26. The van der Waals surface area contributed by atoms with Crippen LogP contribution in [-0.4, -0.2) is 4.57 Å². The van der Waals surface area contributed by atoms with Gasteiger partial charge in [-0.3, -0.25) is 0 Å². The fraction of sp³-hybridized carbons (Fsp3) is 0. The van der Waals surface area contributed by atoms with Crippen LogP contribution in [0.1, 0.15) is 0 Å². The summed E-state index contributed by atoms with van der Waals surface area (Å²) in [6.07, 6.45) is 0. The van der Waals surface area contributed by atoms with Crippen LogP contribution < -0.4 is 4.90 Å². The lowest BCUT2D eigenvalue weighted by molar-refractivity contribution is 0.669.